The van der Waals surface area contributed by atoms with Gasteiger partial charge >= 0.3 is 5.97 Å². The van der Waals surface area contributed by atoms with Crippen molar-refractivity contribution >= 4 is 5.97 Å². The summed E-state index contributed by atoms with van der Waals surface area (Å²) < 4.78 is 4.75. The molecule has 94 valence electrons. The van der Waals surface area contributed by atoms with E-state index >= 15 is 0 Å². The molecule has 1 rings (SSSR count). The molecular weight excluding hydrogens is 204 g/mol. The van der Waals surface area contributed by atoms with Crippen LogP contribution in [0.2, 0.25) is 0 Å². The van der Waals surface area contributed by atoms with E-state index in [0.717, 1.165) is 13.0 Å². The zero-order chi connectivity index (χ0) is 12.0. The van der Waals surface area contributed by atoms with Gasteiger partial charge in [0.1, 0.15) is 6.04 Å². The Labute approximate surface area is 98.3 Å². The zero-order valence-electron chi connectivity index (χ0n) is 10.7. The number of hydrogen-bond acceptors (Lipinski definition) is 4. The summed E-state index contributed by atoms with van der Waals surface area (Å²) in [6.07, 6.45) is 4.73. The van der Waals surface area contributed by atoms with Crippen LogP contribution in [-0.4, -0.2) is 50.2 Å². The minimum Gasteiger partial charge on any atom is -0.468 e. The number of carbonyl (C=O) groups is 1. The molecule has 0 bridgehead atoms. The highest BCUT2D eigenvalue weighted by Gasteiger charge is 2.22. The molecule has 1 aliphatic heterocycles. The number of hydrogen-bond donors (Lipinski definition) is 1. The summed E-state index contributed by atoms with van der Waals surface area (Å²) in [5.74, 6) is -0.160. The predicted octanol–water partition coefficient (Wildman–Crippen LogP) is 1.01. The molecule has 4 heteroatoms. The normalized spacial score (nSPS) is 24.1. The number of rotatable bonds is 5. The smallest absolute Gasteiger partial charge is 0.322 e. The van der Waals surface area contributed by atoms with E-state index < -0.39 is 0 Å². The number of carbonyl (C=O) groups excluding carboxylic acids is 1. The standard InChI is InChI=1S/C12H24N2O2/c1-10-6-4-5-8-14(10)9-7-11(13-2)12(15)16-3/h10-11,13H,4-9H2,1-3H3. The minimum absolute atomic E-state index is 0.160. The van der Waals surface area contributed by atoms with Crippen molar-refractivity contribution in [3.8, 4) is 0 Å². The molecule has 1 saturated heterocycles. The molecule has 0 aromatic carbocycles. The lowest BCUT2D eigenvalue weighted by atomic mass is 10.0. The first kappa shape index (κ1) is 13.5. The molecule has 1 N–H and O–H groups in total. The number of nitrogens with zero attached hydrogens (tertiary/aromatic N) is 1. The van der Waals surface area contributed by atoms with E-state index in [1.807, 2.05) is 0 Å². The molecule has 1 aliphatic rings. The van der Waals surface area contributed by atoms with Gasteiger partial charge in [0.25, 0.3) is 0 Å². The van der Waals surface area contributed by atoms with Gasteiger partial charge in [-0.3, -0.25) is 4.79 Å². The fourth-order valence-electron chi connectivity index (χ4n) is 2.31. The molecule has 2 unspecified atom stereocenters. The van der Waals surface area contributed by atoms with Crippen molar-refractivity contribution in [2.75, 3.05) is 27.2 Å². The quantitative estimate of drug-likeness (QED) is 0.713. The van der Waals surface area contributed by atoms with Crippen LogP contribution in [-0.2, 0) is 9.53 Å². The SMILES string of the molecule is CNC(CCN1CCCCC1C)C(=O)OC. The van der Waals surface area contributed by atoms with Crippen LogP contribution in [0.4, 0.5) is 0 Å². The maximum atomic E-state index is 11.4. The molecule has 0 saturated carbocycles. The molecule has 1 fully saturated rings. The topological polar surface area (TPSA) is 41.6 Å². The van der Waals surface area contributed by atoms with Crippen LogP contribution in [0.1, 0.15) is 32.6 Å². The Morgan fingerprint density at radius 3 is 2.88 bits per heavy atom. The third-order valence-electron chi connectivity index (χ3n) is 3.48. The van der Waals surface area contributed by atoms with Gasteiger partial charge in [0.2, 0.25) is 0 Å². The minimum atomic E-state index is -0.167. The second-order valence-electron chi connectivity index (χ2n) is 4.53. The summed E-state index contributed by atoms with van der Waals surface area (Å²) in [7, 11) is 3.25. The largest absolute Gasteiger partial charge is 0.468 e. The van der Waals surface area contributed by atoms with E-state index in [4.69, 9.17) is 4.74 Å². The molecule has 0 aliphatic carbocycles. The summed E-state index contributed by atoms with van der Waals surface area (Å²) in [4.78, 5) is 13.9. The summed E-state index contributed by atoms with van der Waals surface area (Å²) in [5, 5.41) is 3.01. The Balaban J connectivity index is 2.33. The fourth-order valence-corrected chi connectivity index (χ4v) is 2.31. The maximum absolute atomic E-state index is 11.4. The summed E-state index contributed by atoms with van der Waals surface area (Å²) in [6.45, 7) is 4.41. The Hall–Kier alpha value is -0.610. The fraction of sp³-hybridized carbons (Fsp3) is 0.917. The van der Waals surface area contributed by atoms with E-state index in [-0.39, 0.29) is 12.0 Å². The lowest BCUT2D eigenvalue weighted by Gasteiger charge is -2.33. The van der Waals surface area contributed by atoms with Crippen LogP contribution < -0.4 is 5.32 Å². The molecule has 1 heterocycles. The average molecular weight is 228 g/mol. The van der Waals surface area contributed by atoms with Gasteiger partial charge in [-0.05, 0) is 39.8 Å². The molecule has 4 nitrogen and oxygen atoms in total. The molecule has 16 heavy (non-hydrogen) atoms. The Bertz CT molecular complexity index is 221. The van der Waals surface area contributed by atoms with Crippen LogP contribution in [0.25, 0.3) is 0 Å². The third kappa shape index (κ3) is 3.76. The highest BCUT2D eigenvalue weighted by Crippen LogP contribution is 2.16. The summed E-state index contributed by atoms with van der Waals surface area (Å²) >= 11 is 0. The second-order valence-corrected chi connectivity index (χ2v) is 4.53. The van der Waals surface area contributed by atoms with Crippen molar-refractivity contribution in [2.24, 2.45) is 0 Å². The Morgan fingerprint density at radius 1 is 1.56 bits per heavy atom. The van der Waals surface area contributed by atoms with Crippen LogP contribution in [0, 0.1) is 0 Å². The van der Waals surface area contributed by atoms with E-state index in [2.05, 4.69) is 17.1 Å². The molecule has 2 atom stereocenters. The highest BCUT2D eigenvalue weighted by molar-refractivity contribution is 5.75. The highest BCUT2D eigenvalue weighted by atomic mass is 16.5. The van der Waals surface area contributed by atoms with Gasteiger partial charge in [-0.25, -0.2) is 0 Å². The Morgan fingerprint density at radius 2 is 2.31 bits per heavy atom. The molecule has 0 radical (unpaired) electrons. The van der Waals surface area contributed by atoms with Crippen molar-refractivity contribution in [3.05, 3.63) is 0 Å². The first-order valence-electron chi connectivity index (χ1n) is 6.18. The summed E-state index contributed by atoms with van der Waals surface area (Å²) in [5.41, 5.74) is 0. The summed E-state index contributed by atoms with van der Waals surface area (Å²) in [6, 6.07) is 0.489. The molecule has 0 aromatic rings. The molecule has 0 spiro atoms. The average Bonchev–Trinajstić information content (AvgIpc) is 2.31. The van der Waals surface area contributed by atoms with Crippen LogP contribution in [0.3, 0.4) is 0 Å². The number of likely N-dealkylation sites (N-methyl/N-ethyl adjacent to an activating group) is 1. The first-order chi connectivity index (χ1) is 7.69. The van der Waals surface area contributed by atoms with E-state index in [0.29, 0.717) is 6.04 Å². The lowest BCUT2D eigenvalue weighted by Crippen LogP contribution is -2.43. The zero-order valence-corrected chi connectivity index (χ0v) is 10.7. The second kappa shape index (κ2) is 6.86. The van der Waals surface area contributed by atoms with Crippen LogP contribution in [0.5, 0.6) is 0 Å². The van der Waals surface area contributed by atoms with Gasteiger partial charge in [0.05, 0.1) is 7.11 Å². The van der Waals surface area contributed by atoms with Crippen LogP contribution in [0.15, 0.2) is 0 Å². The van der Waals surface area contributed by atoms with Crippen molar-refractivity contribution in [1.29, 1.82) is 0 Å². The molecule has 0 aromatic heterocycles. The molecule has 0 amide bonds. The van der Waals surface area contributed by atoms with Gasteiger partial charge in [-0.2, -0.15) is 0 Å². The van der Waals surface area contributed by atoms with Gasteiger partial charge in [-0.15, -0.1) is 0 Å². The van der Waals surface area contributed by atoms with Gasteiger partial charge in [-0.1, -0.05) is 6.42 Å². The predicted molar refractivity (Wildman–Crippen MR) is 64.4 cm³/mol. The number of piperidine rings is 1. The third-order valence-corrected chi connectivity index (χ3v) is 3.48. The lowest BCUT2D eigenvalue weighted by molar-refractivity contribution is -0.143. The van der Waals surface area contributed by atoms with E-state index in [9.17, 15) is 4.79 Å². The van der Waals surface area contributed by atoms with Gasteiger partial charge < -0.3 is 15.0 Å². The van der Waals surface area contributed by atoms with Crippen molar-refractivity contribution in [1.82, 2.24) is 10.2 Å². The maximum Gasteiger partial charge on any atom is 0.322 e. The van der Waals surface area contributed by atoms with Crippen molar-refractivity contribution in [2.45, 2.75) is 44.7 Å². The number of likely N-dealkylation sites (tertiary alicyclic amines) is 1. The van der Waals surface area contributed by atoms with Crippen molar-refractivity contribution in [3.63, 3.8) is 0 Å². The van der Waals surface area contributed by atoms with Crippen molar-refractivity contribution < 1.29 is 9.53 Å². The van der Waals surface area contributed by atoms with Crippen LogP contribution >= 0.6 is 0 Å². The van der Waals surface area contributed by atoms with Gasteiger partial charge in [0.15, 0.2) is 0 Å². The first-order valence-corrected chi connectivity index (χ1v) is 6.18. The number of methoxy groups -OCH3 is 1. The number of esters is 1. The number of nitrogens with one attached hydrogen (secondary N) is 1. The Kier molecular flexibility index (Phi) is 5.77. The van der Waals surface area contributed by atoms with Gasteiger partial charge in [0, 0.05) is 12.6 Å². The monoisotopic (exact) mass is 228 g/mol. The molecular formula is C12H24N2O2. The van der Waals surface area contributed by atoms with E-state index in [1.165, 1.54) is 32.9 Å². The van der Waals surface area contributed by atoms with E-state index in [1.54, 1.807) is 7.05 Å². The number of ether oxygens (including phenoxy) is 1.